The number of rotatable bonds is 6. The number of piperidine rings is 1. The number of phenols is 1. The average molecular weight is 531 g/mol. The molecule has 0 aliphatic carbocycles. The summed E-state index contributed by atoms with van der Waals surface area (Å²) in [7, 11) is -4.15. The summed E-state index contributed by atoms with van der Waals surface area (Å²) in [6.45, 7) is 2.82. The van der Waals surface area contributed by atoms with Crippen LogP contribution in [-0.2, 0) is 10.0 Å². The topological polar surface area (TPSA) is 111 Å². The largest absolute Gasteiger partial charge is 0.504 e. The summed E-state index contributed by atoms with van der Waals surface area (Å²) >= 11 is 12.1. The van der Waals surface area contributed by atoms with Gasteiger partial charge in [-0.25, -0.2) is 17.6 Å². The van der Waals surface area contributed by atoms with Crippen LogP contribution in [0.4, 0.5) is 20.6 Å². The average Bonchev–Trinajstić information content (AvgIpc) is 3.06. The van der Waals surface area contributed by atoms with Gasteiger partial charge in [0.1, 0.15) is 10.7 Å². The van der Waals surface area contributed by atoms with Crippen LogP contribution in [0.15, 0.2) is 35.2 Å². The second-order valence-corrected chi connectivity index (χ2v) is 11.0. The number of carbonyl (C=O) groups excluding carboxylic acids is 1. The van der Waals surface area contributed by atoms with Gasteiger partial charge in [-0.3, -0.25) is 0 Å². The molecule has 2 aromatic carbocycles. The fourth-order valence-electron chi connectivity index (χ4n) is 4.86. The standard InChI is InChI=1S/C22H25Cl2FN4O4S/c1-2-26-12-10-13-6-7-14(11-12)29(13)34(32,33)21-15(23)8-9-18(20(21)30)28-22(31)27-17-5-3-4-16(25)19(17)24/h3-5,8-9,12-14,26,30H,2,6-7,10-11H2,1H3,(H2,27,28,31)/t12?,13-,14+. The highest BCUT2D eigenvalue weighted by Crippen LogP contribution is 2.45. The summed E-state index contributed by atoms with van der Waals surface area (Å²) in [5.41, 5.74) is -0.150. The first-order chi connectivity index (χ1) is 16.1. The van der Waals surface area contributed by atoms with Crippen molar-refractivity contribution in [2.24, 2.45) is 0 Å². The van der Waals surface area contributed by atoms with Crippen LogP contribution in [0.3, 0.4) is 0 Å². The molecule has 2 aliphatic heterocycles. The number of carbonyl (C=O) groups is 1. The molecular weight excluding hydrogens is 506 g/mol. The minimum Gasteiger partial charge on any atom is -0.504 e. The van der Waals surface area contributed by atoms with Crippen LogP contribution < -0.4 is 16.0 Å². The molecule has 2 saturated heterocycles. The van der Waals surface area contributed by atoms with Crippen molar-refractivity contribution < 1.29 is 22.7 Å². The summed E-state index contributed by atoms with van der Waals surface area (Å²) in [6.07, 6.45) is 2.82. The SMILES string of the molecule is CCNC1C[C@H]2CC[C@@H](C1)N2S(=O)(=O)c1c(Cl)ccc(NC(=O)Nc2cccc(F)c2Cl)c1O. The molecule has 2 aliphatic rings. The fourth-order valence-corrected chi connectivity index (χ4v) is 7.52. The summed E-state index contributed by atoms with van der Waals surface area (Å²) in [4.78, 5) is 12.0. The number of sulfonamides is 1. The van der Waals surface area contributed by atoms with Gasteiger partial charge in [-0.1, -0.05) is 36.2 Å². The van der Waals surface area contributed by atoms with E-state index in [1.807, 2.05) is 6.92 Å². The predicted octanol–water partition coefficient (Wildman–Crippen LogP) is 4.78. The molecule has 2 bridgehead atoms. The van der Waals surface area contributed by atoms with E-state index in [0.29, 0.717) is 12.8 Å². The van der Waals surface area contributed by atoms with E-state index >= 15 is 0 Å². The predicted molar refractivity (Wildman–Crippen MR) is 130 cm³/mol. The molecule has 2 heterocycles. The number of amides is 2. The molecule has 1 unspecified atom stereocenters. The Morgan fingerprint density at radius 3 is 2.41 bits per heavy atom. The normalized spacial score (nSPS) is 22.5. The van der Waals surface area contributed by atoms with E-state index < -0.39 is 32.5 Å². The molecule has 0 aromatic heterocycles. The van der Waals surface area contributed by atoms with E-state index in [1.54, 1.807) is 0 Å². The second kappa shape index (κ2) is 9.87. The smallest absolute Gasteiger partial charge is 0.323 e. The minimum absolute atomic E-state index is 0.0144. The van der Waals surface area contributed by atoms with Gasteiger partial charge >= 0.3 is 6.03 Å². The van der Waals surface area contributed by atoms with Crippen LogP contribution in [0.5, 0.6) is 5.75 Å². The molecule has 0 radical (unpaired) electrons. The third-order valence-corrected chi connectivity index (χ3v) is 9.12. The fraction of sp³-hybridized carbons (Fsp3) is 0.409. The van der Waals surface area contributed by atoms with Crippen LogP contribution in [0.25, 0.3) is 0 Å². The summed E-state index contributed by atoms with van der Waals surface area (Å²) in [6, 6.07) is 5.49. The van der Waals surface area contributed by atoms with Crippen molar-refractivity contribution >= 4 is 50.6 Å². The van der Waals surface area contributed by atoms with Gasteiger partial charge < -0.3 is 21.1 Å². The Balaban J connectivity index is 1.59. The van der Waals surface area contributed by atoms with Gasteiger partial charge in [0.25, 0.3) is 0 Å². The zero-order valence-electron chi connectivity index (χ0n) is 18.3. The van der Waals surface area contributed by atoms with Crippen molar-refractivity contribution in [2.45, 2.75) is 55.6 Å². The maximum absolute atomic E-state index is 13.6. The van der Waals surface area contributed by atoms with Gasteiger partial charge in [0, 0.05) is 18.1 Å². The highest BCUT2D eigenvalue weighted by atomic mass is 35.5. The Hall–Kier alpha value is -2.11. The van der Waals surface area contributed by atoms with Gasteiger partial charge in [0.05, 0.1) is 21.4 Å². The first-order valence-electron chi connectivity index (χ1n) is 10.9. The van der Waals surface area contributed by atoms with E-state index in [0.717, 1.165) is 25.5 Å². The lowest BCUT2D eigenvalue weighted by molar-refractivity contribution is 0.208. The number of benzene rings is 2. The molecule has 34 heavy (non-hydrogen) atoms. The minimum atomic E-state index is -4.15. The van der Waals surface area contributed by atoms with E-state index in [-0.39, 0.29) is 39.5 Å². The lowest BCUT2D eigenvalue weighted by Crippen LogP contribution is -2.51. The molecule has 8 nitrogen and oxygen atoms in total. The second-order valence-electron chi connectivity index (χ2n) is 8.40. The summed E-state index contributed by atoms with van der Waals surface area (Å²) in [5.74, 6) is -1.38. The lowest BCUT2D eigenvalue weighted by atomic mass is 10.00. The Labute approximate surface area is 207 Å². The summed E-state index contributed by atoms with van der Waals surface area (Å²) < 4.78 is 42.4. The van der Waals surface area contributed by atoms with Gasteiger partial charge in [-0.2, -0.15) is 4.31 Å². The molecular formula is C22H25Cl2FN4O4S. The molecule has 0 spiro atoms. The van der Waals surface area contributed by atoms with Gasteiger partial charge in [0.2, 0.25) is 10.0 Å². The Bertz CT molecular complexity index is 1200. The molecule has 12 heteroatoms. The number of aromatic hydroxyl groups is 1. The quantitative estimate of drug-likeness (QED) is 0.402. The third-order valence-electron chi connectivity index (χ3n) is 6.23. The molecule has 184 valence electrons. The summed E-state index contributed by atoms with van der Waals surface area (Å²) in [5, 5.41) is 18.6. The maximum atomic E-state index is 13.6. The lowest BCUT2D eigenvalue weighted by Gasteiger charge is -2.38. The molecule has 4 N–H and O–H groups in total. The maximum Gasteiger partial charge on any atom is 0.323 e. The number of nitrogens with zero attached hydrogens (tertiary/aromatic N) is 1. The number of anilines is 2. The first-order valence-corrected chi connectivity index (χ1v) is 13.1. The molecule has 2 aromatic rings. The number of urea groups is 1. The van der Waals surface area contributed by atoms with Crippen LogP contribution in [0.2, 0.25) is 10.0 Å². The third kappa shape index (κ3) is 4.70. The van der Waals surface area contributed by atoms with Crippen molar-refractivity contribution in [3.05, 3.63) is 46.2 Å². The van der Waals surface area contributed by atoms with Crippen molar-refractivity contribution in [3.63, 3.8) is 0 Å². The van der Waals surface area contributed by atoms with Crippen molar-refractivity contribution in [1.82, 2.24) is 9.62 Å². The van der Waals surface area contributed by atoms with Crippen molar-refractivity contribution in [1.29, 1.82) is 0 Å². The molecule has 3 atom stereocenters. The number of halogens is 3. The molecule has 2 fully saturated rings. The van der Waals surface area contributed by atoms with Crippen molar-refractivity contribution in [3.8, 4) is 5.75 Å². The monoisotopic (exact) mass is 530 g/mol. The highest BCUT2D eigenvalue weighted by molar-refractivity contribution is 7.89. The zero-order valence-corrected chi connectivity index (χ0v) is 20.6. The Kier molecular flexibility index (Phi) is 7.25. The number of phenolic OH excluding ortho intramolecular Hbond substituents is 1. The van der Waals surface area contributed by atoms with Crippen LogP contribution in [0, 0.1) is 5.82 Å². The number of fused-ring (bicyclic) bond motifs is 2. The van der Waals surface area contributed by atoms with E-state index in [9.17, 15) is 22.7 Å². The number of hydrogen-bond acceptors (Lipinski definition) is 5. The first kappa shape index (κ1) is 25.0. The van der Waals surface area contributed by atoms with Crippen LogP contribution in [0.1, 0.15) is 32.6 Å². The van der Waals surface area contributed by atoms with Gasteiger partial charge in [-0.15, -0.1) is 0 Å². The van der Waals surface area contributed by atoms with Gasteiger partial charge in [-0.05, 0) is 56.5 Å². The van der Waals surface area contributed by atoms with E-state index in [4.69, 9.17) is 23.2 Å². The number of hydrogen-bond donors (Lipinski definition) is 4. The van der Waals surface area contributed by atoms with Crippen molar-refractivity contribution in [2.75, 3.05) is 17.2 Å². The molecule has 4 rings (SSSR count). The number of nitrogens with one attached hydrogen (secondary N) is 3. The van der Waals surface area contributed by atoms with Crippen LogP contribution in [-0.4, -0.2) is 48.5 Å². The zero-order chi connectivity index (χ0) is 24.6. The van der Waals surface area contributed by atoms with Gasteiger partial charge in [0.15, 0.2) is 5.75 Å². The Morgan fingerprint density at radius 1 is 1.12 bits per heavy atom. The highest BCUT2D eigenvalue weighted by Gasteiger charge is 2.48. The molecule has 0 saturated carbocycles. The molecule has 2 amide bonds. The van der Waals surface area contributed by atoms with Crippen LogP contribution >= 0.6 is 23.2 Å². The Morgan fingerprint density at radius 2 is 1.76 bits per heavy atom. The van der Waals surface area contributed by atoms with E-state index in [2.05, 4.69) is 16.0 Å². The van der Waals surface area contributed by atoms with E-state index in [1.165, 1.54) is 28.6 Å².